The summed E-state index contributed by atoms with van der Waals surface area (Å²) in [6.07, 6.45) is 6.08. The van der Waals surface area contributed by atoms with E-state index in [-0.39, 0.29) is 24.1 Å². The van der Waals surface area contributed by atoms with Gasteiger partial charge in [-0.2, -0.15) is 0 Å². The molecule has 0 bridgehead atoms. The first-order chi connectivity index (χ1) is 14.8. The molecule has 1 atom stereocenters. The highest BCUT2D eigenvalue weighted by Gasteiger charge is 2.34. The first-order valence-electron chi connectivity index (χ1n) is 10.6. The molecule has 1 fully saturated rings. The fourth-order valence-corrected chi connectivity index (χ4v) is 3.02. The second-order valence-electron chi connectivity index (χ2n) is 7.18. The predicted molar refractivity (Wildman–Crippen MR) is 119 cm³/mol. The second-order valence-corrected chi connectivity index (χ2v) is 7.18. The van der Waals surface area contributed by atoms with Crippen LogP contribution >= 0.6 is 0 Å². The van der Waals surface area contributed by atoms with E-state index >= 15 is 0 Å². The standard InChI is InChI=1S/C20H28N2O4.C3H6O2/c1-5-7-8-14(6-2)13-22-19(23)16(21-20(22)24)11-15-9-10-17(25-3)18(12-15)26-4;1-2-3(4)5/h9-12,14H,5-8,13H2,1-4H3,(H,21,24);2H2,1H3,(H,4,5). The number of urea groups is 1. The summed E-state index contributed by atoms with van der Waals surface area (Å²) in [5.41, 5.74) is 1.04. The van der Waals surface area contributed by atoms with E-state index < -0.39 is 5.97 Å². The van der Waals surface area contributed by atoms with Crippen molar-refractivity contribution in [1.82, 2.24) is 10.2 Å². The van der Waals surface area contributed by atoms with Crippen molar-refractivity contribution in [2.45, 2.75) is 52.9 Å². The van der Waals surface area contributed by atoms with Crippen molar-refractivity contribution in [3.8, 4) is 11.5 Å². The molecule has 0 aliphatic carbocycles. The topological polar surface area (TPSA) is 105 Å². The van der Waals surface area contributed by atoms with E-state index in [4.69, 9.17) is 14.6 Å². The molecule has 8 heteroatoms. The first-order valence-corrected chi connectivity index (χ1v) is 10.6. The predicted octanol–water partition coefficient (Wildman–Crippen LogP) is 4.29. The van der Waals surface area contributed by atoms with E-state index in [1.807, 2.05) is 6.07 Å². The Morgan fingerprint density at radius 2 is 1.81 bits per heavy atom. The van der Waals surface area contributed by atoms with Gasteiger partial charge < -0.3 is 19.9 Å². The molecule has 0 radical (unpaired) electrons. The van der Waals surface area contributed by atoms with Gasteiger partial charge in [0.15, 0.2) is 11.5 Å². The number of methoxy groups -OCH3 is 2. The van der Waals surface area contributed by atoms with E-state index in [2.05, 4.69) is 19.2 Å². The van der Waals surface area contributed by atoms with Crippen molar-refractivity contribution in [2.24, 2.45) is 5.92 Å². The van der Waals surface area contributed by atoms with Crippen molar-refractivity contribution in [2.75, 3.05) is 20.8 Å². The molecular weight excluding hydrogens is 400 g/mol. The summed E-state index contributed by atoms with van der Waals surface area (Å²) < 4.78 is 10.5. The molecule has 0 aromatic heterocycles. The van der Waals surface area contributed by atoms with Gasteiger partial charge >= 0.3 is 12.0 Å². The van der Waals surface area contributed by atoms with Crippen LogP contribution in [0.3, 0.4) is 0 Å². The van der Waals surface area contributed by atoms with Crippen LogP contribution in [-0.4, -0.2) is 48.7 Å². The number of imide groups is 1. The summed E-state index contributed by atoms with van der Waals surface area (Å²) in [5, 5.41) is 10.4. The maximum Gasteiger partial charge on any atom is 0.329 e. The Bertz CT molecular complexity index is 790. The lowest BCUT2D eigenvalue weighted by atomic mass is 9.99. The molecule has 31 heavy (non-hydrogen) atoms. The minimum Gasteiger partial charge on any atom is -0.493 e. The smallest absolute Gasteiger partial charge is 0.329 e. The normalized spacial score (nSPS) is 15.3. The molecule has 1 aliphatic heterocycles. The zero-order valence-electron chi connectivity index (χ0n) is 19.1. The van der Waals surface area contributed by atoms with E-state index in [9.17, 15) is 14.4 Å². The lowest BCUT2D eigenvalue weighted by Crippen LogP contribution is -2.35. The van der Waals surface area contributed by atoms with Crippen LogP contribution in [-0.2, 0) is 9.59 Å². The molecule has 1 heterocycles. The molecule has 1 saturated heterocycles. The first kappa shape index (κ1) is 26.0. The third-order valence-electron chi connectivity index (χ3n) is 4.97. The molecule has 0 saturated carbocycles. The zero-order valence-corrected chi connectivity index (χ0v) is 19.1. The number of amides is 3. The molecule has 1 aromatic rings. The fourth-order valence-electron chi connectivity index (χ4n) is 3.02. The second kappa shape index (κ2) is 13.3. The third kappa shape index (κ3) is 7.96. The molecule has 3 amide bonds. The van der Waals surface area contributed by atoms with Crippen LogP contribution < -0.4 is 14.8 Å². The van der Waals surface area contributed by atoms with Crippen LogP contribution in [0.2, 0.25) is 0 Å². The van der Waals surface area contributed by atoms with Crippen LogP contribution in [0.4, 0.5) is 4.79 Å². The number of hydrogen-bond donors (Lipinski definition) is 2. The van der Waals surface area contributed by atoms with E-state index in [1.54, 1.807) is 39.4 Å². The van der Waals surface area contributed by atoms with Crippen LogP contribution in [0.1, 0.15) is 58.4 Å². The third-order valence-corrected chi connectivity index (χ3v) is 4.97. The molecular formula is C23H34N2O6. The Hall–Kier alpha value is -3.03. The average Bonchev–Trinajstić information content (AvgIpc) is 3.03. The Labute approximate surface area is 184 Å². The van der Waals surface area contributed by atoms with Crippen LogP contribution in [0.25, 0.3) is 6.08 Å². The van der Waals surface area contributed by atoms with Crippen LogP contribution in [0.15, 0.2) is 23.9 Å². The Morgan fingerprint density at radius 1 is 1.16 bits per heavy atom. The molecule has 8 nitrogen and oxygen atoms in total. The lowest BCUT2D eigenvalue weighted by Gasteiger charge is -2.20. The minimum absolute atomic E-state index is 0.222. The van der Waals surface area contributed by atoms with Crippen molar-refractivity contribution in [3.05, 3.63) is 29.5 Å². The van der Waals surface area contributed by atoms with Gasteiger partial charge in [0.1, 0.15) is 5.70 Å². The molecule has 0 spiro atoms. The minimum atomic E-state index is -0.745. The van der Waals surface area contributed by atoms with Gasteiger partial charge in [0.25, 0.3) is 5.91 Å². The molecule has 1 aliphatic rings. The highest BCUT2D eigenvalue weighted by Crippen LogP contribution is 2.29. The SMILES string of the molecule is CCC(=O)O.CCCCC(CC)CN1C(=O)NC(=Cc2ccc(OC)c(OC)c2)C1=O. The molecule has 1 unspecified atom stereocenters. The van der Waals surface area contributed by atoms with Gasteiger partial charge in [0, 0.05) is 13.0 Å². The highest BCUT2D eigenvalue weighted by molar-refractivity contribution is 6.14. The van der Waals surface area contributed by atoms with Gasteiger partial charge in [-0.1, -0.05) is 46.1 Å². The molecule has 2 rings (SSSR count). The number of carboxylic acids is 1. The summed E-state index contributed by atoms with van der Waals surface area (Å²) >= 11 is 0. The zero-order chi connectivity index (χ0) is 23.4. The van der Waals surface area contributed by atoms with Gasteiger partial charge in [-0.15, -0.1) is 0 Å². The van der Waals surface area contributed by atoms with Gasteiger partial charge in [-0.3, -0.25) is 14.5 Å². The average molecular weight is 435 g/mol. The fraction of sp³-hybridized carbons (Fsp3) is 0.522. The van der Waals surface area contributed by atoms with E-state index in [1.165, 1.54) is 4.90 Å². The number of carbonyl (C=O) groups is 3. The quantitative estimate of drug-likeness (QED) is 0.420. The summed E-state index contributed by atoms with van der Waals surface area (Å²) in [5.74, 6) is 0.496. The number of carbonyl (C=O) groups excluding carboxylic acids is 2. The Kier molecular flexibility index (Phi) is 11.2. The monoisotopic (exact) mass is 434 g/mol. The Balaban J connectivity index is 0.000000861. The van der Waals surface area contributed by atoms with Crippen molar-refractivity contribution in [1.29, 1.82) is 0 Å². The number of unbranched alkanes of at least 4 members (excludes halogenated alkanes) is 1. The number of aliphatic carboxylic acids is 1. The number of rotatable bonds is 10. The van der Waals surface area contributed by atoms with E-state index in [0.29, 0.717) is 24.0 Å². The molecule has 1 aromatic carbocycles. The largest absolute Gasteiger partial charge is 0.493 e. The van der Waals surface area contributed by atoms with E-state index in [0.717, 1.165) is 31.2 Å². The summed E-state index contributed by atoms with van der Waals surface area (Å²) in [6, 6.07) is 5.00. The molecule has 2 N–H and O–H groups in total. The summed E-state index contributed by atoms with van der Waals surface area (Å²) in [6.45, 7) is 6.30. The number of benzene rings is 1. The number of carboxylic acid groups (broad SMARTS) is 1. The van der Waals surface area contributed by atoms with Crippen LogP contribution in [0, 0.1) is 5.92 Å². The highest BCUT2D eigenvalue weighted by atomic mass is 16.5. The van der Waals surface area contributed by atoms with Gasteiger partial charge in [-0.25, -0.2) is 4.79 Å². The van der Waals surface area contributed by atoms with Crippen molar-refractivity contribution < 1.29 is 29.0 Å². The number of ether oxygens (including phenoxy) is 2. The maximum absolute atomic E-state index is 12.6. The van der Waals surface area contributed by atoms with Crippen molar-refractivity contribution >= 4 is 24.0 Å². The lowest BCUT2D eigenvalue weighted by molar-refractivity contribution is -0.136. The van der Waals surface area contributed by atoms with Crippen molar-refractivity contribution in [3.63, 3.8) is 0 Å². The molecule has 172 valence electrons. The number of nitrogens with zero attached hydrogens (tertiary/aromatic N) is 1. The number of nitrogens with one attached hydrogen (secondary N) is 1. The Morgan fingerprint density at radius 3 is 2.32 bits per heavy atom. The van der Waals surface area contributed by atoms with Gasteiger partial charge in [0.05, 0.1) is 14.2 Å². The summed E-state index contributed by atoms with van der Waals surface area (Å²) in [7, 11) is 3.12. The number of hydrogen-bond acceptors (Lipinski definition) is 5. The summed E-state index contributed by atoms with van der Waals surface area (Å²) in [4.78, 5) is 35.6. The maximum atomic E-state index is 12.6. The van der Waals surface area contributed by atoms with Gasteiger partial charge in [0.2, 0.25) is 0 Å². The van der Waals surface area contributed by atoms with Crippen LogP contribution in [0.5, 0.6) is 11.5 Å². The van der Waals surface area contributed by atoms with Gasteiger partial charge in [-0.05, 0) is 36.1 Å².